The van der Waals surface area contributed by atoms with Gasteiger partial charge < -0.3 is 15.2 Å². The summed E-state index contributed by atoms with van der Waals surface area (Å²) in [6.07, 6.45) is 7.20. The van der Waals surface area contributed by atoms with Crippen LogP contribution in [-0.4, -0.2) is 51.1 Å². The third kappa shape index (κ3) is 5.62. The molecule has 1 atom stereocenters. The number of thiophene rings is 1. The first-order chi connectivity index (χ1) is 15.8. The average molecular weight is 491 g/mol. The molecule has 2 aromatic rings. The first kappa shape index (κ1) is 24.3. The lowest BCUT2D eigenvalue weighted by Gasteiger charge is -2.34. The summed E-state index contributed by atoms with van der Waals surface area (Å²) in [5.74, 6) is 1.60. The first-order valence-electron chi connectivity index (χ1n) is 12.0. The lowest BCUT2D eigenvalue weighted by molar-refractivity contribution is -0.131. The molecule has 2 aromatic heterocycles. The molecule has 1 aliphatic carbocycles. The normalized spacial score (nSPS) is 19.1. The maximum absolute atomic E-state index is 13.0. The molecule has 33 heavy (non-hydrogen) atoms. The van der Waals surface area contributed by atoms with E-state index in [1.54, 1.807) is 0 Å². The van der Waals surface area contributed by atoms with Crippen molar-refractivity contribution in [3.8, 4) is 0 Å². The minimum absolute atomic E-state index is 0.103. The van der Waals surface area contributed by atoms with E-state index in [2.05, 4.69) is 15.3 Å². The van der Waals surface area contributed by atoms with E-state index in [0.717, 1.165) is 53.8 Å². The summed E-state index contributed by atoms with van der Waals surface area (Å²) in [6, 6.07) is 0.171. The fourth-order valence-electron chi connectivity index (χ4n) is 4.83. The van der Waals surface area contributed by atoms with E-state index >= 15 is 0 Å². The standard InChI is InChI=1S/C24H34N4O3S2/c1-14-15(2)33-23-20(14)22(30)26-19(27-23)13-32-16(3)24(31)28-11-9-18(10-12-28)25-21(29)17-7-5-4-6-8-17/h16-18H,4-13H2,1-3H3,(H,25,29)(H,26,27,30). The number of rotatable bonds is 6. The van der Waals surface area contributed by atoms with E-state index in [9.17, 15) is 14.4 Å². The topological polar surface area (TPSA) is 95.2 Å². The van der Waals surface area contributed by atoms with Crippen molar-refractivity contribution in [3.63, 3.8) is 0 Å². The van der Waals surface area contributed by atoms with Crippen LogP contribution in [0.2, 0.25) is 0 Å². The number of aromatic amines is 1. The number of thioether (sulfide) groups is 1. The van der Waals surface area contributed by atoms with Crippen molar-refractivity contribution < 1.29 is 9.59 Å². The minimum Gasteiger partial charge on any atom is -0.353 e. The summed E-state index contributed by atoms with van der Waals surface area (Å²) in [5.41, 5.74) is 0.888. The van der Waals surface area contributed by atoms with Gasteiger partial charge >= 0.3 is 0 Å². The number of hydrogen-bond acceptors (Lipinski definition) is 6. The van der Waals surface area contributed by atoms with Gasteiger partial charge in [0, 0.05) is 29.9 Å². The van der Waals surface area contributed by atoms with Crippen molar-refractivity contribution in [1.82, 2.24) is 20.2 Å². The van der Waals surface area contributed by atoms with Crippen LogP contribution in [0.15, 0.2) is 4.79 Å². The van der Waals surface area contributed by atoms with Gasteiger partial charge in [-0.1, -0.05) is 19.3 Å². The summed E-state index contributed by atoms with van der Waals surface area (Å²) >= 11 is 3.04. The maximum Gasteiger partial charge on any atom is 0.259 e. The molecule has 2 aliphatic rings. The van der Waals surface area contributed by atoms with Gasteiger partial charge in [-0.25, -0.2) is 4.98 Å². The zero-order valence-corrected chi connectivity index (χ0v) is 21.4. The van der Waals surface area contributed by atoms with E-state index in [4.69, 9.17) is 0 Å². The van der Waals surface area contributed by atoms with Crippen LogP contribution >= 0.6 is 23.1 Å². The number of carbonyl (C=O) groups is 2. The Bertz CT molecular complexity index is 1070. The lowest BCUT2D eigenvalue weighted by Crippen LogP contribution is -2.49. The van der Waals surface area contributed by atoms with Gasteiger partial charge in [0.2, 0.25) is 11.8 Å². The van der Waals surface area contributed by atoms with Gasteiger partial charge in [-0.15, -0.1) is 23.1 Å². The lowest BCUT2D eigenvalue weighted by atomic mass is 9.88. The maximum atomic E-state index is 13.0. The number of nitrogens with zero attached hydrogens (tertiary/aromatic N) is 2. The zero-order valence-electron chi connectivity index (χ0n) is 19.7. The van der Waals surface area contributed by atoms with Crippen molar-refractivity contribution in [2.75, 3.05) is 13.1 Å². The monoisotopic (exact) mass is 490 g/mol. The van der Waals surface area contributed by atoms with Crippen LogP contribution in [0.1, 0.15) is 68.1 Å². The molecular weight excluding hydrogens is 456 g/mol. The Morgan fingerprint density at radius 1 is 1.18 bits per heavy atom. The molecule has 7 nitrogen and oxygen atoms in total. The molecule has 2 N–H and O–H groups in total. The van der Waals surface area contributed by atoms with Crippen LogP contribution in [0.3, 0.4) is 0 Å². The van der Waals surface area contributed by atoms with Crippen LogP contribution in [0, 0.1) is 19.8 Å². The largest absolute Gasteiger partial charge is 0.353 e. The van der Waals surface area contributed by atoms with Crippen molar-refractivity contribution in [2.45, 2.75) is 82.8 Å². The Hall–Kier alpha value is -1.87. The van der Waals surface area contributed by atoms with Crippen molar-refractivity contribution in [1.29, 1.82) is 0 Å². The third-order valence-electron chi connectivity index (χ3n) is 7.03. The summed E-state index contributed by atoms with van der Waals surface area (Å²) in [5, 5.41) is 3.68. The zero-order chi connectivity index (χ0) is 23.5. The summed E-state index contributed by atoms with van der Waals surface area (Å²) in [6.45, 7) is 7.22. The van der Waals surface area contributed by atoms with E-state index in [1.807, 2.05) is 25.7 Å². The van der Waals surface area contributed by atoms with Crippen molar-refractivity contribution in [2.24, 2.45) is 5.92 Å². The second-order valence-corrected chi connectivity index (χ2v) is 11.9. The van der Waals surface area contributed by atoms with Gasteiger partial charge in [0.05, 0.1) is 16.4 Å². The molecule has 0 aromatic carbocycles. The molecule has 2 fully saturated rings. The molecule has 0 radical (unpaired) electrons. The highest BCUT2D eigenvalue weighted by Crippen LogP contribution is 2.27. The quantitative estimate of drug-likeness (QED) is 0.640. The van der Waals surface area contributed by atoms with Gasteiger partial charge in [-0.3, -0.25) is 14.4 Å². The molecule has 1 saturated heterocycles. The van der Waals surface area contributed by atoms with Gasteiger partial charge in [-0.2, -0.15) is 0 Å². The predicted octanol–water partition coefficient (Wildman–Crippen LogP) is 3.91. The molecule has 2 amide bonds. The minimum atomic E-state index is -0.216. The Balaban J connectivity index is 1.25. The Morgan fingerprint density at radius 2 is 1.88 bits per heavy atom. The van der Waals surface area contributed by atoms with E-state index in [0.29, 0.717) is 30.1 Å². The molecule has 3 heterocycles. The van der Waals surface area contributed by atoms with Gasteiger partial charge in [-0.05, 0) is 52.0 Å². The number of likely N-dealkylation sites (tertiary alicyclic amines) is 1. The van der Waals surface area contributed by atoms with E-state index in [-0.39, 0.29) is 34.6 Å². The van der Waals surface area contributed by atoms with Crippen LogP contribution < -0.4 is 10.9 Å². The highest BCUT2D eigenvalue weighted by Gasteiger charge is 2.29. The highest BCUT2D eigenvalue weighted by atomic mass is 32.2. The van der Waals surface area contributed by atoms with Crippen LogP contribution in [0.4, 0.5) is 0 Å². The predicted molar refractivity (Wildman–Crippen MR) is 135 cm³/mol. The van der Waals surface area contributed by atoms with E-state index < -0.39 is 0 Å². The van der Waals surface area contributed by atoms with Gasteiger partial charge in [0.1, 0.15) is 10.7 Å². The molecule has 9 heteroatoms. The Kier molecular flexibility index (Phi) is 7.79. The Morgan fingerprint density at radius 3 is 2.58 bits per heavy atom. The molecule has 1 unspecified atom stereocenters. The number of carbonyl (C=O) groups excluding carboxylic acids is 2. The number of fused-ring (bicyclic) bond motifs is 1. The molecule has 0 spiro atoms. The van der Waals surface area contributed by atoms with Crippen LogP contribution in [0.25, 0.3) is 10.2 Å². The third-order valence-corrected chi connectivity index (χ3v) is 9.28. The number of H-pyrrole nitrogens is 1. The van der Waals surface area contributed by atoms with Gasteiger partial charge in [0.25, 0.3) is 5.56 Å². The second-order valence-electron chi connectivity index (χ2n) is 9.37. The smallest absolute Gasteiger partial charge is 0.259 e. The number of piperidine rings is 1. The number of amides is 2. The number of nitrogens with one attached hydrogen (secondary N) is 2. The SMILES string of the molecule is Cc1sc2nc(CSC(C)C(=O)N3CCC(NC(=O)C4CCCCC4)CC3)[nH]c(=O)c2c1C. The average Bonchev–Trinajstić information content (AvgIpc) is 3.11. The number of aryl methyl sites for hydroxylation is 2. The highest BCUT2D eigenvalue weighted by molar-refractivity contribution is 7.99. The van der Waals surface area contributed by atoms with Crippen molar-refractivity contribution >= 4 is 45.1 Å². The fourth-order valence-corrected chi connectivity index (χ4v) is 6.71. The van der Waals surface area contributed by atoms with Crippen molar-refractivity contribution in [3.05, 3.63) is 26.6 Å². The summed E-state index contributed by atoms with van der Waals surface area (Å²) < 4.78 is 0. The molecular formula is C24H34N4O3S2. The number of hydrogen-bond donors (Lipinski definition) is 2. The summed E-state index contributed by atoms with van der Waals surface area (Å²) in [7, 11) is 0. The molecule has 0 bridgehead atoms. The second kappa shape index (κ2) is 10.6. The number of aromatic nitrogens is 2. The van der Waals surface area contributed by atoms with Crippen LogP contribution in [0.5, 0.6) is 0 Å². The fraction of sp³-hybridized carbons (Fsp3) is 0.667. The molecule has 180 valence electrons. The Labute approximate surface area is 203 Å². The molecule has 1 saturated carbocycles. The first-order valence-corrected chi connectivity index (χ1v) is 13.9. The summed E-state index contributed by atoms with van der Waals surface area (Å²) in [4.78, 5) is 49.2. The van der Waals surface area contributed by atoms with Gasteiger partial charge in [0.15, 0.2) is 0 Å². The van der Waals surface area contributed by atoms with E-state index in [1.165, 1.54) is 29.5 Å². The van der Waals surface area contributed by atoms with Crippen LogP contribution in [-0.2, 0) is 15.3 Å². The molecule has 4 rings (SSSR count). The molecule has 1 aliphatic heterocycles.